The van der Waals surface area contributed by atoms with Crippen LogP contribution >= 0.6 is 0 Å². The lowest BCUT2D eigenvalue weighted by atomic mass is 10.1. The fourth-order valence-electron chi connectivity index (χ4n) is 4.46. The molecule has 1 aliphatic rings. The number of aromatic nitrogens is 7. The summed E-state index contributed by atoms with van der Waals surface area (Å²) >= 11 is 0. The van der Waals surface area contributed by atoms with Crippen molar-refractivity contribution in [1.82, 2.24) is 39.2 Å². The molecule has 0 bridgehead atoms. The third-order valence-corrected chi connectivity index (χ3v) is 6.51. The minimum absolute atomic E-state index is 0.0725. The van der Waals surface area contributed by atoms with Gasteiger partial charge in [0.15, 0.2) is 0 Å². The van der Waals surface area contributed by atoms with Crippen molar-refractivity contribution in [3.05, 3.63) is 72.9 Å². The first kappa shape index (κ1) is 24.0. The number of pyridine rings is 1. The molecule has 1 aliphatic heterocycles. The predicted molar refractivity (Wildman–Crippen MR) is 143 cm³/mol. The lowest BCUT2D eigenvalue weighted by Gasteiger charge is -2.29. The van der Waals surface area contributed by atoms with E-state index in [0.29, 0.717) is 13.2 Å². The molecule has 0 radical (unpaired) electrons. The summed E-state index contributed by atoms with van der Waals surface area (Å²) in [5.74, 6) is 1.50. The Morgan fingerprint density at radius 2 is 1.92 bits per heavy atom. The van der Waals surface area contributed by atoms with Gasteiger partial charge in [0.05, 0.1) is 30.4 Å². The van der Waals surface area contributed by atoms with Crippen LogP contribution in [0, 0.1) is 0 Å². The van der Waals surface area contributed by atoms with Crippen LogP contribution in [0.1, 0.15) is 5.56 Å². The van der Waals surface area contributed by atoms with Gasteiger partial charge in [-0.1, -0.05) is 24.3 Å². The van der Waals surface area contributed by atoms with Crippen LogP contribution in [-0.4, -0.2) is 78.7 Å². The molecule has 1 N–H and O–H groups in total. The molecule has 0 spiro atoms. The number of aryl methyl sites for hydroxylation is 1. The molecule has 0 saturated carbocycles. The first-order valence-electron chi connectivity index (χ1n) is 12.5. The van der Waals surface area contributed by atoms with Crippen LogP contribution in [0.25, 0.3) is 28.3 Å². The van der Waals surface area contributed by atoms with Gasteiger partial charge in [-0.05, 0) is 18.7 Å². The highest BCUT2D eigenvalue weighted by molar-refractivity contribution is 5.63. The number of rotatable bonds is 8. The van der Waals surface area contributed by atoms with E-state index in [2.05, 4.69) is 54.5 Å². The summed E-state index contributed by atoms with van der Waals surface area (Å²) in [5, 5.41) is 11.9. The first-order valence-corrected chi connectivity index (χ1v) is 12.5. The van der Waals surface area contributed by atoms with Crippen molar-refractivity contribution in [1.29, 1.82) is 0 Å². The summed E-state index contributed by atoms with van der Waals surface area (Å²) in [6.07, 6.45) is 7.16. The average Bonchev–Trinajstić information content (AvgIpc) is 3.57. The number of likely N-dealkylation sites (N-methyl/N-ethyl adjacent to an activating group) is 1. The van der Waals surface area contributed by atoms with E-state index in [0.717, 1.165) is 65.1 Å². The molecule has 0 unspecified atom stereocenters. The van der Waals surface area contributed by atoms with Crippen LogP contribution in [0.2, 0.25) is 0 Å². The number of hydrogen-bond acceptors (Lipinski definition) is 9. The van der Waals surface area contributed by atoms with Gasteiger partial charge < -0.3 is 19.7 Å². The Labute approximate surface area is 220 Å². The summed E-state index contributed by atoms with van der Waals surface area (Å²) in [6.45, 7) is 3.70. The molecule has 194 valence electrons. The Balaban J connectivity index is 1.11. The van der Waals surface area contributed by atoms with Crippen LogP contribution in [0.15, 0.2) is 67.4 Å². The number of benzene rings is 1. The van der Waals surface area contributed by atoms with E-state index in [1.807, 2.05) is 54.2 Å². The van der Waals surface area contributed by atoms with Crippen molar-refractivity contribution in [2.24, 2.45) is 7.05 Å². The Hall–Kier alpha value is -4.35. The number of morpholine rings is 1. The van der Waals surface area contributed by atoms with Gasteiger partial charge >= 0.3 is 0 Å². The molecular formula is C27H29N9O2. The summed E-state index contributed by atoms with van der Waals surface area (Å²) in [7, 11) is 3.91. The maximum atomic E-state index is 6.00. The highest BCUT2D eigenvalue weighted by Crippen LogP contribution is 2.24. The molecule has 11 nitrogen and oxygen atoms in total. The van der Waals surface area contributed by atoms with E-state index in [9.17, 15) is 0 Å². The third-order valence-electron chi connectivity index (χ3n) is 6.51. The number of imidazole rings is 1. The normalized spacial score (nSPS) is 16.1. The Bertz CT molecular complexity index is 1530. The van der Waals surface area contributed by atoms with Gasteiger partial charge in [-0.3, -0.25) is 4.40 Å². The van der Waals surface area contributed by atoms with Gasteiger partial charge in [0.2, 0.25) is 0 Å². The molecule has 6 rings (SSSR count). The van der Waals surface area contributed by atoms with E-state index in [1.165, 1.54) is 0 Å². The van der Waals surface area contributed by atoms with E-state index in [-0.39, 0.29) is 6.10 Å². The van der Waals surface area contributed by atoms with Gasteiger partial charge in [0.25, 0.3) is 0 Å². The zero-order valence-corrected chi connectivity index (χ0v) is 21.4. The molecular weight excluding hydrogens is 482 g/mol. The third kappa shape index (κ3) is 5.34. The van der Waals surface area contributed by atoms with Crippen molar-refractivity contribution in [2.75, 3.05) is 38.7 Å². The van der Waals surface area contributed by atoms with E-state index >= 15 is 0 Å². The van der Waals surface area contributed by atoms with Gasteiger partial charge in [-0.2, -0.15) is 15.0 Å². The Morgan fingerprint density at radius 1 is 1.03 bits per heavy atom. The quantitative estimate of drug-likeness (QED) is 0.336. The molecule has 5 heterocycles. The molecule has 1 saturated heterocycles. The van der Waals surface area contributed by atoms with Gasteiger partial charge in [0.1, 0.15) is 41.9 Å². The highest BCUT2D eigenvalue weighted by atomic mass is 16.5. The minimum Gasteiger partial charge on any atom is -0.491 e. The van der Waals surface area contributed by atoms with Crippen molar-refractivity contribution in [2.45, 2.75) is 12.6 Å². The molecule has 38 heavy (non-hydrogen) atoms. The summed E-state index contributed by atoms with van der Waals surface area (Å²) < 4.78 is 13.8. The SMILES string of the molecule is CN1CCO[C@H](COc2ccn3c(-c4cc(NCc5ccc(-c6cnn(C)n6)cc5)ncn4)cnc3c2)C1. The number of nitrogens with zero attached hydrogens (tertiary/aromatic N) is 8. The molecule has 0 amide bonds. The van der Waals surface area contributed by atoms with Crippen LogP contribution in [0.4, 0.5) is 5.82 Å². The van der Waals surface area contributed by atoms with Crippen molar-refractivity contribution < 1.29 is 9.47 Å². The first-order chi connectivity index (χ1) is 18.6. The summed E-state index contributed by atoms with van der Waals surface area (Å²) in [4.78, 5) is 17.3. The Morgan fingerprint density at radius 3 is 2.74 bits per heavy atom. The number of fused-ring (bicyclic) bond motifs is 1. The number of nitrogens with one attached hydrogen (secondary N) is 1. The number of ether oxygens (including phenoxy) is 2. The molecule has 11 heteroatoms. The van der Waals surface area contributed by atoms with E-state index in [1.54, 1.807) is 17.3 Å². The largest absolute Gasteiger partial charge is 0.491 e. The molecule has 1 fully saturated rings. The van der Waals surface area contributed by atoms with Crippen molar-refractivity contribution in [3.63, 3.8) is 0 Å². The van der Waals surface area contributed by atoms with Crippen LogP contribution in [-0.2, 0) is 18.3 Å². The smallest absolute Gasteiger partial charge is 0.140 e. The van der Waals surface area contributed by atoms with Crippen molar-refractivity contribution in [3.8, 4) is 28.4 Å². The zero-order chi connectivity index (χ0) is 25.9. The van der Waals surface area contributed by atoms with E-state index in [4.69, 9.17) is 9.47 Å². The van der Waals surface area contributed by atoms with Gasteiger partial charge in [-0.25, -0.2) is 15.0 Å². The maximum Gasteiger partial charge on any atom is 0.140 e. The maximum absolute atomic E-state index is 6.00. The zero-order valence-electron chi connectivity index (χ0n) is 21.4. The number of anilines is 1. The molecule has 0 aliphatic carbocycles. The average molecular weight is 512 g/mol. The van der Waals surface area contributed by atoms with Gasteiger partial charge in [0, 0.05) is 50.6 Å². The number of hydrogen-bond donors (Lipinski definition) is 1. The fourth-order valence-corrected chi connectivity index (χ4v) is 4.46. The highest BCUT2D eigenvalue weighted by Gasteiger charge is 2.18. The van der Waals surface area contributed by atoms with Gasteiger partial charge in [-0.15, -0.1) is 0 Å². The monoisotopic (exact) mass is 511 g/mol. The van der Waals surface area contributed by atoms with Crippen molar-refractivity contribution >= 4 is 11.5 Å². The second-order valence-electron chi connectivity index (χ2n) is 9.36. The molecule has 4 aromatic heterocycles. The topological polar surface area (TPSA) is 108 Å². The van der Waals surface area contributed by atoms with Crippen LogP contribution < -0.4 is 10.1 Å². The molecule has 1 aromatic carbocycles. The summed E-state index contributed by atoms with van der Waals surface area (Å²) in [6, 6.07) is 14.0. The lowest BCUT2D eigenvalue weighted by molar-refractivity contribution is -0.0403. The predicted octanol–water partition coefficient (Wildman–Crippen LogP) is 2.91. The molecule has 5 aromatic rings. The van der Waals surface area contributed by atoms with Crippen LogP contribution in [0.5, 0.6) is 5.75 Å². The second-order valence-corrected chi connectivity index (χ2v) is 9.36. The second kappa shape index (κ2) is 10.6. The van der Waals surface area contributed by atoms with Crippen LogP contribution in [0.3, 0.4) is 0 Å². The summed E-state index contributed by atoms with van der Waals surface area (Å²) in [5.41, 5.74) is 5.45. The minimum atomic E-state index is 0.0725. The Kier molecular flexibility index (Phi) is 6.67. The fraction of sp³-hybridized carbons (Fsp3) is 0.296. The standard InChI is InChI=1S/C27H29N9O2/c1-34-9-10-37-22(16-34)17-38-21-7-8-36-25(15-29-27(36)11-21)23-12-26(31-18-30-23)28-13-19-3-5-20(6-4-19)24-14-32-35(2)33-24/h3-8,11-12,14-15,18,22H,9-10,13,16-17H2,1-2H3,(H,28,30,31)/t22-/m0/s1. The lowest BCUT2D eigenvalue weighted by Crippen LogP contribution is -2.42. The molecule has 1 atom stereocenters. The van der Waals surface area contributed by atoms with E-state index < -0.39 is 0 Å².